The summed E-state index contributed by atoms with van der Waals surface area (Å²) in [6, 6.07) is -0.372. The number of carbonyl (C=O) groups excluding carboxylic acids is 2. The molecule has 0 radical (unpaired) electrons. The van der Waals surface area contributed by atoms with Crippen LogP contribution in [0.25, 0.3) is 0 Å². The molecule has 1 fully saturated rings. The van der Waals surface area contributed by atoms with Gasteiger partial charge in [0.1, 0.15) is 6.04 Å². The molecule has 1 atom stereocenters. The van der Waals surface area contributed by atoms with E-state index in [1.54, 1.807) is 19.0 Å². The summed E-state index contributed by atoms with van der Waals surface area (Å²) in [6.07, 6.45) is 1.15. The van der Waals surface area contributed by atoms with Gasteiger partial charge in [-0.1, -0.05) is 0 Å². The molecule has 0 aromatic heterocycles. The Kier molecular flexibility index (Phi) is 6.80. The standard InChI is InChI=1S/C13H25N3O3/c1-4-19-9-5-6-12(17)16-8-7-14-10-11(16)13(18)15(2)3/h11,14H,4-10H2,1-3H3. The topological polar surface area (TPSA) is 61.9 Å². The van der Waals surface area contributed by atoms with Gasteiger partial charge in [0.25, 0.3) is 0 Å². The minimum absolute atomic E-state index is 0.0228. The average molecular weight is 271 g/mol. The van der Waals surface area contributed by atoms with E-state index in [-0.39, 0.29) is 17.9 Å². The number of amides is 2. The molecule has 0 spiro atoms. The molecule has 6 heteroatoms. The molecule has 110 valence electrons. The number of ether oxygens (including phenoxy) is 1. The van der Waals surface area contributed by atoms with Crippen molar-refractivity contribution in [2.45, 2.75) is 25.8 Å². The average Bonchev–Trinajstić information content (AvgIpc) is 2.42. The molecule has 1 heterocycles. The summed E-state index contributed by atoms with van der Waals surface area (Å²) in [6.45, 7) is 5.08. The second kappa shape index (κ2) is 8.12. The van der Waals surface area contributed by atoms with Crippen molar-refractivity contribution < 1.29 is 14.3 Å². The first-order chi connectivity index (χ1) is 9.07. The molecule has 1 aliphatic rings. The number of likely N-dealkylation sites (N-methyl/N-ethyl adjacent to an activating group) is 1. The Bertz CT molecular complexity index is 308. The minimum Gasteiger partial charge on any atom is -0.382 e. The summed E-state index contributed by atoms with van der Waals surface area (Å²) in [7, 11) is 3.43. The summed E-state index contributed by atoms with van der Waals surface area (Å²) >= 11 is 0. The van der Waals surface area contributed by atoms with Crippen LogP contribution in [0.1, 0.15) is 19.8 Å². The van der Waals surface area contributed by atoms with Crippen molar-refractivity contribution in [1.29, 1.82) is 0 Å². The van der Waals surface area contributed by atoms with Crippen LogP contribution in [-0.4, -0.2) is 74.6 Å². The number of hydrogen-bond donors (Lipinski definition) is 1. The quantitative estimate of drug-likeness (QED) is 0.673. The normalized spacial score (nSPS) is 19.3. The third-order valence-electron chi connectivity index (χ3n) is 3.17. The Balaban J connectivity index is 2.51. The maximum atomic E-state index is 12.2. The monoisotopic (exact) mass is 271 g/mol. The van der Waals surface area contributed by atoms with Crippen LogP contribution in [0.2, 0.25) is 0 Å². The Hall–Kier alpha value is -1.14. The van der Waals surface area contributed by atoms with Crippen molar-refractivity contribution in [3.8, 4) is 0 Å². The van der Waals surface area contributed by atoms with Gasteiger partial charge in [-0.05, 0) is 13.3 Å². The smallest absolute Gasteiger partial charge is 0.246 e. The summed E-state index contributed by atoms with van der Waals surface area (Å²) < 4.78 is 5.23. The van der Waals surface area contributed by atoms with Gasteiger partial charge in [-0.3, -0.25) is 9.59 Å². The summed E-state index contributed by atoms with van der Waals surface area (Å²) in [5.41, 5.74) is 0. The van der Waals surface area contributed by atoms with Crippen molar-refractivity contribution in [1.82, 2.24) is 15.1 Å². The molecular weight excluding hydrogens is 246 g/mol. The second-order valence-electron chi connectivity index (χ2n) is 4.84. The van der Waals surface area contributed by atoms with Crippen LogP contribution in [0.3, 0.4) is 0 Å². The predicted molar refractivity (Wildman–Crippen MR) is 72.8 cm³/mol. The van der Waals surface area contributed by atoms with Crippen LogP contribution in [0.4, 0.5) is 0 Å². The highest BCUT2D eigenvalue weighted by molar-refractivity contribution is 5.87. The number of nitrogens with one attached hydrogen (secondary N) is 1. The van der Waals surface area contributed by atoms with Gasteiger partial charge in [0.15, 0.2) is 0 Å². The number of hydrogen-bond acceptors (Lipinski definition) is 4. The zero-order valence-electron chi connectivity index (χ0n) is 12.1. The first-order valence-electron chi connectivity index (χ1n) is 6.87. The zero-order valence-corrected chi connectivity index (χ0v) is 12.1. The lowest BCUT2D eigenvalue weighted by atomic mass is 10.1. The van der Waals surface area contributed by atoms with E-state index in [0.29, 0.717) is 39.1 Å². The first-order valence-corrected chi connectivity index (χ1v) is 6.87. The Morgan fingerprint density at radius 3 is 2.79 bits per heavy atom. The molecule has 0 aliphatic carbocycles. The van der Waals surface area contributed by atoms with Crippen LogP contribution in [0, 0.1) is 0 Å². The van der Waals surface area contributed by atoms with Gasteiger partial charge >= 0.3 is 0 Å². The van der Waals surface area contributed by atoms with E-state index in [0.717, 1.165) is 6.54 Å². The number of rotatable bonds is 6. The molecule has 1 aliphatic heterocycles. The fourth-order valence-corrected chi connectivity index (χ4v) is 2.13. The van der Waals surface area contributed by atoms with E-state index < -0.39 is 0 Å². The van der Waals surface area contributed by atoms with Gasteiger partial charge in [0, 0.05) is 53.4 Å². The highest BCUT2D eigenvalue weighted by Crippen LogP contribution is 2.09. The van der Waals surface area contributed by atoms with Crippen molar-refractivity contribution in [2.24, 2.45) is 0 Å². The lowest BCUT2D eigenvalue weighted by Crippen LogP contribution is -2.59. The Morgan fingerprint density at radius 1 is 1.42 bits per heavy atom. The van der Waals surface area contributed by atoms with Crippen molar-refractivity contribution in [3.63, 3.8) is 0 Å². The summed E-state index contributed by atoms with van der Waals surface area (Å²) in [5.74, 6) is 0.0201. The molecule has 1 unspecified atom stereocenters. The molecule has 0 aromatic rings. The molecule has 0 bridgehead atoms. The number of carbonyl (C=O) groups is 2. The summed E-state index contributed by atoms with van der Waals surface area (Å²) in [5, 5.41) is 3.17. The lowest BCUT2D eigenvalue weighted by molar-refractivity contribution is -0.145. The predicted octanol–water partition coefficient (Wildman–Crippen LogP) is -0.308. The van der Waals surface area contributed by atoms with E-state index in [1.165, 1.54) is 4.90 Å². The summed E-state index contributed by atoms with van der Waals surface area (Å²) in [4.78, 5) is 27.5. The highest BCUT2D eigenvalue weighted by atomic mass is 16.5. The number of nitrogens with zero attached hydrogens (tertiary/aromatic N) is 2. The minimum atomic E-state index is -0.372. The van der Waals surface area contributed by atoms with Crippen LogP contribution in [-0.2, 0) is 14.3 Å². The van der Waals surface area contributed by atoms with Crippen LogP contribution >= 0.6 is 0 Å². The molecule has 1 saturated heterocycles. The lowest BCUT2D eigenvalue weighted by Gasteiger charge is -2.36. The van der Waals surface area contributed by atoms with Crippen molar-refractivity contribution in [2.75, 3.05) is 46.9 Å². The molecule has 0 saturated carbocycles. The van der Waals surface area contributed by atoms with Crippen molar-refractivity contribution >= 4 is 11.8 Å². The van der Waals surface area contributed by atoms with Crippen molar-refractivity contribution in [3.05, 3.63) is 0 Å². The molecule has 0 aromatic carbocycles. The van der Waals surface area contributed by atoms with E-state index in [9.17, 15) is 9.59 Å². The van der Waals surface area contributed by atoms with Gasteiger partial charge in [-0.25, -0.2) is 0 Å². The van der Waals surface area contributed by atoms with Gasteiger partial charge in [-0.15, -0.1) is 0 Å². The maximum Gasteiger partial charge on any atom is 0.246 e. The third kappa shape index (κ3) is 4.80. The van der Waals surface area contributed by atoms with E-state index in [2.05, 4.69) is 5.32 Å². The fourth-order valence-electron chi connectivity index (χ4n) is 2.13. The SMILES string of the molecule is CCOCCCC(=O)N1CCNCC1C(=O)N(C)C. The Morgan fingerprint density at radius 2 is 2.16 bits per heavy atom. The molecule has 19 heavy (non-hydrogen) atoms. The largest absolute Gasteiger partial charge is 0.382 e. The molecule has 1 rings (SSSR count). The molecule has 6 nitrogen and oxygen atoms in total. The first kappa shape index (κ1) is 15.9. The van der Waals surface area contributed by atoms with Gasteiger partial charge in [0.2, 0.25) is 11.8 Å². The second-order valence-corrected chi connectivity index (χ2v) is 4.84. The Labute approximate surface area is 115 Å². The maximum absolute atomic E-state index is 12.2. The number of piperazine rings is 1. The van der Waals surface area contributed by atoms with Crippen LogP contribution < -0.4 is 5.32 Å². The van der Waals surface area contributed by atoms with Gasteiger partial charge in [-0.2, -0.15) is 0 Å². The van der Waals surface area contributed by atoms with E-state index in [4.69, 9.17) is 4.74 Å². The van der Waals surface area contributed by atoms with Crippen LogP contribution in [0.15, 0.2) is 0 Å². The highest BCUT2D eigenvalue weighted by Gasteiger charge is 2.32. The zero-order chi connectivity index (χ0) is 14.3. The molecular formula is C13H25N3O3. The van der Waals surface area contributed by atoms with E-state index >= 15 is 0 Å². The third-order valence-corrected chi connectivity index (χ3v) is 3.17. The molecule has 1 N–H and O–H groups in total. The van der Waals surface area contributed by atoms with Crippen LogP contribution in [0.5, 0.6) is 0 Å². The van der Waals surface area contributed by atoms with Gasteiger partial charge in [0.05, 0.1) is 0 Å². The van der Waals surface area contributed by atoms with Gasteiger partial charge < -0.3 is 19.9 Å². The van der Waals surface area contributed by atoms with E-state index in [1.807, 2.05) is 6.92 Å². The fraction of sp³-hybridized carbons (Fsp3) is 0.846. The molecule has 2 amide bonds.